The van der Waals surface area contributed by atoms with Crippen molar-refractivity contribution < 1.29 is 31.5 Å². The van der Waals surface area contributed by atoms with Crippen LogP contribution in [0.4, 0.5) is 22.0 Å². The first kappa shape index (κ1) is 15.3. The average Bonchev–Trinajstić information content (AvgIpc) is 2.14. The molecule has 0 aliphatic heterocycles. The lowest BCUT2D eigenvalue weighted by molar-refractivity contribution is -0.273. The Hall–Kier alpha value is -0.730. The van der Waals surface area contributed by atoms with Gasteiger partial charge in [-0.05, 0) is 0 Å². The molecule has 0 radical (unpaired) electrons. The molecule has 0 bridgehead atoms. The van der Waals surface area contributed by atoms with Gasteiger partial charge in [0.05, 0.1) is 11.9 Å². The normalized spacial score (nSPS) is 12.4. The molecule has 3 nitrogen and oxygen atoms in total. The van der Waals surface area contributed by atoms with E-state index in [9.17, 15) is 31.5 Å². The summed E-state index contributed by atoms with van der Waals surface area (Å²) in [4.78, 5) is 21.5. The quantitative estimate of drug-likeness (QED) is 0.584. The second kappa shape index (κ2) is 5.07. The Morgan fingerprint density at radius 1 is 1.19 bits per heavy atom. The van der Waals surface area contributed by atoms with Crippen molar-refractivity contribution in [3.05, 3.63) is 0 Å². The third-order valence-corrected chi connectivity index (χ3v) is 2.16. The Labute approximate surface area is 95.7 Å². The molecule has 0 aromatic heterocycles. The first-order valence-electron chi connectivity index (χ1n) is 3.81. The van der Waals surface area contributed by atoms with Gasteiger partial charge in [0.25, 0.3) is 0 Å². The maximum Gasteiger partial charge on any atom is 0.463 e. The van der Waals surface area contributed by atoms with Crippen LogP contribution in [0.2, 0.25) is 0 Å². The molecule has 0 aliphatic rings. The number of hydrogen-bond donors (Lipinski definition) is 0. The van der Waals surface area contributed by atoms with Crippen molar-refractivity contribution in [2.24, 2.45) is 0 Å². The highest BCUT2D eigenvalue weighted by molar-refractivity contribution is 9.09. The summed E-state index contributed by atoms with van der Waals surface area (Å²) in [6, 6.07) is 0. The van der Waals surface area contributed by atoms with Crippen molar-refractivity contribution >= 4 is 27.6 Å². The van der Waals surface area contributed by atoms with Gasteiger partial charge in [-0.25, -0.2) is 0 Å². The van der Waals surface area contributed by atoms with E-state index in [1.54, 1.807) is 0 Å². The van der Waals surface area contributed by atoms with Crippen molar-refractivity contribution in [2.45, 2.75) is 12.1 Å². The van der Waals surface area contributed by atoms with Crippen LogP contribution in [0.25, 0.3) is 0 Å². The molecular formula is C7H7BrF5NO2. The van der Waals surface area contributed by atoms with Crippen LogP contribution < -0.4 is 0 Å². The molecule has 1 amide bonds. The number of likely N-dealkylation sites (N-methyl/N-ethyl adjacent to an activating group) is 1. The van der Waals surface area contributed by atoms with E-state index < -0.39 is 30.3 Å². The first-order valence-corrected chi connectivity index (χ1v) is 4.94. The molecule has 0 aromatic carbocycles. The van der Waals surface area contributed by atoms with E-state index in [1.165, 1.54) is 0 Å². The molecule has 0 saturated heterocycles. The maximum atomic E-state index is 12.5. The second-order valence-corrected chi connectivity index (χ2v) is 3.47. The van der Waals surface area contributed by atoms with Crippen LogP contribution in [0.15, 0.2) is 0 Å². The van der Waals surface area contributed by atoms with Crippen LogP contribution >= 0.6 is 15.9 Å². The molecule has 0 aromatic rings. The molecule has 94 valence electrons. The predicted molar refractivity (Wildman–Crippen MR) is 47.4 cm³/mol. The standard InChI is InChI=1S/C7H7BrF5NO2/c1-14(3-4(15)2-8)5(16)6(9,10)7(11,12)13/h2-3H2,1H3. The minimum Gasteiger partial charge on any atom is -0.333 e. The van der Waals surface area contributed by atoms with E-state index in [-0.39, 0.29) is 10.2 Å². The molecule has 16 heavy (non-hydrogen) atoms. The van der Waals surface area contributed by atoms with Gasteiger partial charge in [0.1, 0.15) is 0 Å². The highest BCUT2D eigenvalue weighted by Crippen LogP contribution is 2.36. The molecule has 0 saturated carbocycles. The number of carbonyl (C=O) groups excluding carboxylic acids is 2. The zero-order valence-corrected chi connectivity index (χ0v) is 9.53. The van der Waals surface area contributed by atoms with Gasteiger partial charge in [0, 0.05) is 7.05 Å². The lowest BCUT2D eigenvalue weighted by Gasteiger charge is -2.24. The first-order chi connectivity index (χ1) is 7.04. The Balaban J connectivity index is 4.74. The average molecular weight is 312 g/mol. The van der Waals surface area contributed by atoms with Gasteiger partial charge in [-0.15, -0.1) is 0 Å². The number of hydrogen-bond acceptors (Lipinski definition) is 2. The number of ketones is 1. The summed E-state index contributed by atoms with van der Waals surface area (Å²) in [7, 11) is 0.697. The van der Waals surface area contributed by atoms with E-state index in [4.69, 9.17) is 0 Å². The molecular weight excluding hydrogens is 305 g/mol. The van der Waals surface area contributed by atoms with E-state index in [0.717, 1.165) is 0 Å². The summed E-state index contributed by atoms with van der Waals surface area (Å²) in [5.74, 6) is -8.61. The largest absolute Gasteiger partial charge is 0.463 e. The SMILES string of the molecule is CN(CC(=O)CBr)C(=O)C(F)(F)C(F)(F)F. The molecule has 0 unspecified atom stereocenters. The van der Waals surface area contributed by atoms with E-state index in [1.807, 2.05) is 0 Å². The minimum atomic E-state index is -5.96. The van der Waals surface area contributed by atoms with Gasteiger partial charge in [0.2, 0.25) is 0 Å². The highest BCUT2D eigenvalue weighted by Gasteiger charge is 2.64. The lowest BCUT2D eigenvalue weighted by atomic mass is 10.2. The summed E-state index contributed by atoms with van der Waals surface area (Å²) < 4.78 is 60.3. The third-order valence-electron chi connectivity index (χ3n) is 1.53. The van der Waals surface area contributed by atoms with Gasteiger partial charge in [0.15, 0.2) is 5.78 Å². The summed E-state index contributed by atoms with van der Waals surface area (Å²) in [6.45, 7) is -0.810. The smallest absolute Gasteiger partial charge is 0.333 e. The number of carbonyl (C=O) groups is 2. The van der Waals surface area contributed by atoms with Crippen LogP contribution in [0, 0.1) is 0 Å². The second-order valence-electron chi connectivity index (χ2n) is 2.91. The Morgan fingerprint density at radius 3 is 1.94 bits per heavy atom. The number of Topliss-reactive ketones (excluding diaryl/α,β-unsaturated/α-hetero) is 1. The third kappa shape index (κ3) is 3.39. The highest BCUT2D eigenvalue weighted by atomic mass is 79.9. The zero-order valence-electron chi connectivity index (χ0n) is 7.95. The van der Waals surface area contributed by atoms with Crippen molar-refractivity contribution in [3.63, 3.8) is 0 Å². The summed E-state index contributed by atoms with van der Waals surface area (Å²) in [5.41, 5.74) is 0. The molecule has 0 aliphatic carbocycles. The van der Waals surface area contributed by atoms with Gasteiger partial charge >= 0.3 is 18.0 Å². The molecule has 0 spiro atoms. The van der Waals surface area contributed by atoms with Crippen LogP contribution in [-0.2, 0) is 9.59 Å². The van der Waals surface area contributed by atoms with E-state index >= 15 is 0 Å². The number of halogens is 6. The van der Waals surface area contributed by atoms with Gasteiger partial charge < -0.3 is 4.90 Å². The van der Waals surface area contributed by atoms with Crippen molar-refractivity contribution in [1.82, 2.24) is 4.90 Å². The molecule has 0 heterocycles. The van der Waals surface area contributed by atoms with Crippen LogP contribution in [0.1, 0.15) is 0 Å². The van der Waals surface area contributed by atoms with Crippen molar-refractivity contribution in [2.75, 3.05) is 18.9 Å². The number of alkyl halides is 6. The predicted octanol–water partition coefficient (Wildman–Crippen LogP) is 1.61. The van der Waals surface area contributed by atoms with E-state index in [0.29, 0.717) is 7.05 Å². The van der Waals surface area contributed by atoms with Gasteiger partial charge in [-0.3, -0.25) is 9.59 Å². The maximum absolute atomic E-state index is 12.5. The fourth-order valence-electron chi connectivity index (χ4n) is 0.740. The molecule has 0 atom stereocenters. The summed E-state index contributed by atoms with van der Waals surface area (Å²) in [6.07, 6.45) is -5.96. The Bertz CT molecular complexity index is 291. The number of rotatable bonds is 4. The van der Waals surface area contributed by atoms with E-state index in [2.05, 4.69) is 15.9 Å². The topological polar surface area (TPSA) is 37.4 Å². The minimum absolute atomic E-state index is 0.0388. The van der Waals surface area contributed by atoms with Crippen LogP contribution in [0.3, 0.4) is 0 Å². The summed E-state index contributed by atoms with van der Waals surface area (Å²) in [5, 5.41) is -0.234. The van der Waals surface area contributed by atoms with Crippen LogP contribution in [0.5, 0.6) is 0 Å². The molecule has 0 N–H and O–H groups in total. The number of nitrogens with zero attached hydrogens (tertiary/aromatic N) is 1. The van der Waals surface area contributed by atoms with Crippen molar-refractivity contribution in [1.29, 1.82) is 0 Å². The monoisotopic (exact) mass is 311 g/mol. The summed E-state index contributed by atoms with van der Waals surface area (Å²) >= 11 is 2.69. The number of amides is 1. The lowest BCUT2D eigenvalue weighted by Crippen LogP contribution is -2.52. The van der Waals surface area contributed by atoms with Crippen molar-refractivity contribution in [3.8, 4) is 0 Å². The molecule has 9 heteroatoms. The zero-order chi connectivity index (χ0) is 13.1. The Kier molecular flexibility index (Phi) is 4.84. The fraction of sp³-hybridized carbons (Fsp3) is 0.714. The molecule has 0 fully saturated rings. The Morgan fingerprint density at radius 2 is 1.62 bits per heavy atom. The molecule has 0 rings (SSSR count). The van der Waals surface area contributed by atoms with Crippen LogP contribution in [-0.4, -0.2) is 47.6 Å². The van der Waals surface area contributed by atoms with Gasteiger partial charge in [-0.1, -0.05) is 15.9 Å². The van der Waals surface area contributed by atoms with Gasteiger partial charge in [-0.2, -0.15) is 22.0 Å². The fourth-order valence-corrected chi connectivity index (χ4v) is 0.917.